The average Bonchev–Trinajstić information content (AvgIpc) is 2.60. The molecule has 0 heterocycles. The summed E-state index contributed by atoms with van der Waals surface area (Å²) < 4.78 is 5.60. The van der Waals surface area contributed by atoms with Crippen LogP contribution in [0.2, 0.25) is 0 Å². The van der Waals surface area contributed by atoms with Crippen molar-refractivity contribution >= 4 is 23.2 Å². The normalized spacial score (nSPS) is 10.3. The van der Waals surface area contributed by atoms with E-state index in [9.17, 15) is 9.59 Å². The lowest BCUT2D eigenvalue weighted by molar-refractivity contribution is -0.130. The van der Waals surface area contributed by atoms with E-state index in [1.807, 2.05) is 37.3 Å². The van der Waals surface area contributed by atoms with E-state index in [0.717, 1.165) is 11.1 Å². The molecule has 0 saturated heterocycles. The van der Waals surface area contributed by atoms with Crippen LogP contribution in [0.15, 0.2) is 42.5 Å². The second-order valence-corrected chi connectivity index (χ2v) is 6.32. The Balaban J connectivity index is 2.00. The number of nitrogen functional groups attached to an aromatic ring is 1. The number of likely N-dealkylation sites (N-methyl/N-ethyl adjacent to an activating group) is 1. The number of carbonyl (C=O) groups is 2. The molecular formula is C20H25N3O3. The van der Waals surface area contributed by atoms with Crippen LogP contribution in [0.4, 0.5) is 11.4 Å². The molecule has 0 spiro atoms. The third kappa shape index (κ3) is 5.51. The molecule has 0 unspecified atom stereocenters. The highest BCUT2D eigenvalue weighted by Crippen LogP contribution is 2.26. The van der Waals surface area contributed by atoms with Gasteiger partial charge in [0.25, 0.3) is 5.91 Å². The first kappa shape index (κ1) is 19.3. The van der Waals surface area contributed by atoms with E-state index in [-0.39, 0.29) is 18.4 Å². The van der Waals surface area contributed by atoms with Gasteiger partial charge < -0.3 is 20.7 Å². The molecule has 6 heteroatoms. The third-order valence-electron chi connectivity index (χ3n) is 3.94. The molecule has 3 N–H and O–H groups in total. The number of anilines is 2. The summed E-state index contributed by atoms with van der Waals surface area (Å²) in [4.78, 5) is 25.5. The maximum absolute atomic E-state index is 12.3. The van der Waals surface area contributed by atoms with Crippen molar-refractivity contribution in [1.82, 2.24) is 4.90 Å². The van der Waals surface area contributed by atoms with Crippen LogP contribution in [0.1, 0.15) is 17.5 Å². The summed E-state index contributed by atoms with van der Waals surface area (Å²) in [5.74, 6) is 0.192. The lowest BCUT2D eigenvalue weighted by Gasteiger charge is -2.15. The molecule has 0 aliphatic carbocycles. The van der Waals surface area contributed by atoms with Gasteiger partial charge >= 0.3 is 0 Å². The minimum atomic E-state index is -0.150. The van der Waals surface area contributed by atoms with Gasteiger partial charge in [-0.1, -0.05) is 24.3 Å². The Hall–Kier alpha value is -3.02. The molecule has 2 aromatic carbocycles. The molecule has 0 fully saturated rings. The standard InChI is InChI=1S/C20H25N3O3/c1-14-8-10-17(18(12-14)26-13-20(25)23(2)3)22-19(24)11-9-15-6-4-5-7-16(15)21/h4-8,10,12H,9,11,13,21H2,1-3H3,(H,22,24). The van der Waals surface area contributed by atoms with E-state index >= 15 is 0 Å². The van der Waals surface area contributed by atoms with E-state index in [1.54, 1.807) is 26.2 Å². The lowest BCUT2D eigenvalue weighted by Crippen LogP contribution is -2.27. The molecule has 0 aromatic heterocycles. The van der Waals surface area contributed by atoms with Crippen LogP contribution in [0.5, 0.6) is 5.75 Å². The zero-order chi connectivity index (χ0) is 19.1. The maximum atomic E-state index is 12.3. The predicted octanol–water partition coefficient (Wildman–Crippen LogP) is 2.62. The fourth-order valence-corrected chi connectivity index (χ4v) is 2.34. The van der Waals surface area contributed by atoms with Gasteiger partial charge in [0.05, 0.1) is 5.69 Å². The van der Waals surface area contributed by atoms with Crippen LogP contribution in [0.3, 0.4) is 0 Å². The molecule has 138 valence electrons. The number of ether oxygens (including phenoxy) is 1. The number of hydrogen-bond donors (Lipinski definition) is 2. The Morgan fingerprint density at radius 1 is 1.15 bits per heavy atom. The molecular weight excluding hydrogens is 330 g/mol. The average molecular weight is 355 g/mol. The highest BCUT2D eigenvalue weighted by Gasteiger charge is 2.12. The molecule has 2 rings (SSSR count). The second-order valence-electron chi connectivity index (χ2n) is 6.32. The zero-order valence-electron chi connectivity index (χ0n) is 15.4. The molecule has 0 aliphatic heterocycles. The molecule has 0 atom stereocenters. The van der Waals surface area contributed by atoms with Crippen molar-refractivity contribution in [2.45, 2.75) is 19.8 Å². The summed E-state index contributed by atoms with van der Waals surface area (Å²) >= 11 is 0. The zero-order valence-corrected chi connectivity index (χ0v) is 15.4. The number of rotatable bonds is 7. The van der Waals surface area contributed by atoms with Crippen molar-refractivity contribution in [1.29, 1.82) is 0 Å². The van der Waals surface area contributed by atoms with Crippen LogP contribution >= 0.6 is 0 Å². The fourth-order valence-electron chi connectivity index (χ4n) is 2.34. The molecule has 0 bridgehead atoms. The second kappa shape index (κ2) is 8.89. The number of hydrogen-bond acceptors (Lipinski definition) is 4. The third-order valence-corrected chi connectivity index (χ3v) is 3.94. The highest BCUT2D eigenvalue weighted by molar-refractivity contribution is 5.92. The van der Waals surface area contributed by atoms with Crippen LogP contribution in [0, 0.1) is 6.92 Å². The Labute approximate surface area is 153 Å². The topological polar surface area (TPSA) is 84.7 Å². The SMILES string of the molecule is Cc1ccc(NC(=O)CCc2ccccc2N)c(OCC(=O)N(C)C)c1. The fraction of sp³-hybridized carbons (Fsp3) is 0.300. The Kier molecular flexibility index (Phi) is 6.60. The van der Waals surface area contributed by atoms with Gasteiger partial charge in [-0.15, -0.1) is 0 Å². The predicted molar refractivity (Wildman–Crippen MR) is 103 cm³/mol. The van der Waals surface area contributed by atoms with Gasteiger partial charge in [-0.05, 0) is 42.7 Å². The number of nitrogens with one attached hydrogen (secondary N) is 1. The van der Waals surface area contributed by atoms with Crippen molar-refractivity contribution in [3.05, 3.63) is 53.6 Å². The first-order chi connectivity index (χ1) is 12.4. The van der Waals surface area contributed by atoms with E-state index in [0.29, 0.717) is 30.0 Å². The molecule has 2 aromatic rings. The quantitative estimate of drug-likeness (QED) is 0.748. The van der Waals surface area contributed by atoms with Crippen LogP contribution in [-0.2, 0) is 16.0 Å². The van der Waals surface area contributed by atoms with Crippen molar-refractivity contribution in [2.75, 3.05) is 31.8 Å². The smallest absolute Gasteiger partial charge is 0.259 e. The first-order valence-corrected chi connectivity index (χ1v) is 8.43. The van der Waals surface area contributed by atoms with Gasteiger partial charge in [0.2, 0.25) is 5.91 Å². The number of benzene rings is 2. The van der Waals surface area contributed by atoms with Crippen LogP contribution in [-0.4, -0.2) is 37.4 Å². The minimum Gasteiger partial charge on any atom is -0.482 e. The summed E-state index contributed by atoms with van der Waals surface area (Å²) in [6, 6.07) is 13.0. The lowest BCUT2D eigenvalue weighted by atomic mass is 10.1. The summed E-state index contributed by atoms with van der Waals surface area (Å²) in [6.07, 6.45) is 0.859. The number of aryl methyl sites for hydroxylation is 2. The number of amides is 2. The van der Waals surface area contributed by atoms with Gasteiger partial charge in [-0.2, -0.15) is 0 Å². The Morgan fingerprint density at radius 2 is 1.88 bits per heavy atom. The highest BCUT2D eigenvalue weighted by atomic mass is 16.5. The summed E-state index contributed by atoms with van der Waals surface area (Å²) in [6.45, 7) is 1.84. The number of nitrogens with zero attached hydrogens (tertiary/aromatic N) is 1. The van der Waals surface area contributed by atoms with Gasteiger partial charge in [0.1, 0.15) is 5.75 Å². The van der Waals surface area contributed by atoms with Gasteiger partial charge in [0, 0.05) is 26.2 Å². The largest absolute Gasteiger partial charge is 0.482 e. The summed E-state index contributed by atoms with van der Waals surface area (Å²) in [5, 5.41) is 2.85. The summed E-state index contributed by atoms with van der Waals surface area (Å²) in [5.41, 5.74) is 9.06. The van der Waals surface area contributed by atoms with E-state index in [4.69, 9.17) is 10.5 Å². The molecule has 0 aliphatic rings. The number of nitrogens with two attached hydrogens (primary N) is 1. The van der Waals surface area contributed by atoms with Crippen molar-refractivity contribution in [3.8, 4) is 5.75 Å². The van der Waals surface area contributed by atoms with Gasteiger partial charge in [-0.25, -0.2) is 0 Å². The van der Waals surface area contributed by atoms with Crippen LogP contribution in [0.25, 0.3) is 0 Å². The van der Waals surface area contributed by atoms with Crippen molar-refractivity contribution < 1.29 is 14.3 Å². The van der Waals surface area contributed by atoms with Crippen molar-refractivity contribution in [3.63, 3.8) is 0 Å². The molecule has 0 radical (unpaired) electrons. The monoisotopic (exact) mass is 355 g/mol. The maximum Gasteiger partial charge on any atom is 0.259 e. The van der Waals surface area contributed by atoms with E-state index in [1.165, 1.54) is 4.90 Å². The molecule has 6 nitrogen and oxygen atoms in total. The van der Waals surface area contributed by atoms with E-state index in [2.05, 4.69) is 5.32 Å². The van der Waals surface area contributed by atoms with Crippen molar-refractivity contribution in [2.24, 2.45) is 0 Å². The number of para-hydroxylation sites is 1. The van der Waals surface area contributed by atoms with Gasteiger partial charge in [-0.3, -0.25) is 9.59 Å². The van der Waals surface area contributed by atoms with E-state index < -0.39 is 0 Å². The van der Waals surface area contributed by atoms with Crippen LogP contribution < -0.4 is 15.8 Å². The Morgan fingerprint density at radius 3 is 2.58 bits per heavy atom. The molecule has 2 amide bonds. The molecule has 26 heavy (non-hydrogen) atoms. The number of carbonyl (C=O) groups excluding carboxylic acids is 2. The minimum absolute atomic E-state index is 0.0835. The molecule has 0 saturated carbocycles. The Bertz CT molecular complexity index is 788. The summed E-state index contributed by atoms with van der Waals surface area (Å²) in [7, 11) is 3.33. The van der Waals surface area contributed by atoms with Gasteiger partial charge in [0.15, 0.2) is 6.61 Å². The first-order valence-electron chi connectivity index (χ1n) is 8.43.